The van der Waals surface area contributed by atoms with Crippen molar-refractivity contribution < 1.29 is 19.1 Å². The minimum atomic E-state index is -0.683. The van der Waals surface area contributed by atoms with Crippen molar-refractivity contribution in [2.24, 2.45) is 0 Å². The quantitative estimate of drug-likeness (QED) is 0.790. The van der Waals surface area contributed by atoms with Gasteiger partial charge in [0.2, 0.25) is 5.91 Å². The van der Waals surface area contributed by atoms with Gasteiger partial charge < -0.3 is 15.0 Å². The Morgan fingerprint density at radius 2 is 1.96 bits per heavy atom. The van der Waals surface area contributed by atoms with Gasteiger partial charge in [-0.2, -0.15) is 0 Å². The van der Waals surface area contributed by atoms with E-state index in [1.807, 2.05) is 6.92 Å². The summed E-state index contributed by atoms with van der Waals surface area (Å²) in [7, 11) is 0. The van der Waals surface area contributed by atoms with Gasteiger partial charge in [-0.25, -0.2) is 14.8 Å². The van der Waals surface area contributed by atoms with Gasteiger partial charge in [-0.15, -0.1) is 0 Å². The zero-order valence-electron chi connectivity index (χ0n) is 16.4. The zero-order chi connectivity index (χ0) is 20.2. The first-order valence-electron chi connectivity index (χ1n) is 8.85. The Bertz CT molecular complexity index is 737. The molecule has 2 heterocycles. The number of ketones is 1. The van der Waals surface area contributed by atoms with Crippen LogP contribution in [0.5, 0.6) is 0 Å². The van der Waals surface area contributed by atoms with Crippen molar-refractivity contribution in [3.05, 3.63) is 29.9 Å². The van der Waals surface area contributed by atoms with E-state index < -0.39 is 17.7 Å². The zero-order valence-corrected chi connectivity index (χ0v) is 16.4. The fourth-order valence-corrected chi connectivity index (χ4v) is 2.69. The SMILES string of the molecule is Cc1ncc(/C=C/C(=O)CN2C(=O)[C@@H](NC(=O)OC(C)(C)C)C[C@H]2C)cn1. The fourth-order valence-electron chi connectivity index (χ4n) is 2.69. The Labute approximate surface area is 159 Å². The number of hydrogen-bond donors (Lipinski definition) is 1. The molecule has 0 bridgehead atoms. The van der Waals surface area contributed by atoms with Crippen LogP contribution >= 0.6 is 0 Å². The van der Waals surface area contributed by atoms with E-state index >= 15 is 0 Å². The molecule has 2 atom stereocenters. The van der Waals surface area contributed by atoms with Crippen molar-refractivity contribution >= 4 is 23.9 Å². The van der Waals surface area contributed by atoms with Gasteiger partial charge in [-0.3, -0.25) is 9.59 Å². The minimum absolute atomic E-state index is 0.0459. The molecule has 1 N–H and O–H groups in total. The third-order valence-corrected chi connectivity index (χ3v) is 3.97. The van der Waals surface area contributed by atoms with E-state index in [2.05, 4.69) is 15.3 Å². The van der Waals surface area contributed by atoms with E-state index in [0.717, 1.165) is 0 Å². The molecular formula is C19H26N4O4. The molecule has 0 unspecified atom stereocenters. The summed E-state index contributed by atoms with van der Waals surface area (Å²) in [6.45, 7) is 8.84. The number of ether oxygens (including phenoxy) is 1. The lowest BCUT2D eigenvalue weighted by Gasteiger charge is -2.21. The first kappa shape index (κ1) is 20.5. The smallest absolute Gasteiger partial charge is 0.408 e. The van der Waals surface area contributed by atoms with Crippen molar-refractivity contribution in [1.29, 1.82) is 0 Å². The van der Waals surface area contributed by atoms with Crippen LogP contribution in [0.3, 0.4) is 0 Å². The fraction of sp³-hybridized carbons (Fsp3) is 0.526. The summed E-state index contributed by atoms with van der Waals surface area (Å²) in [4.78, 5) is 46.2. The lowest BCUT2D eigenvalue weighted by Crippen LogP contribution is -2.44. The van der Waals surface area contributed by atoms with Gasteiger partial charge >= 0.3 is 6.09 Å². The number of carbonyl (C=O) groups excluding carboxylic acids is 3. The Balaban J connectivity index is 1.92. The molecule has 1 aliphatic heterocycles. The molecule has 1 aromatic heterocycles. The number of hydrogen-bond acceptors (Lipinski definition) is 6. The summed E-state index contributed by atoms with van der Waals surface area (Å²) in [5.41, 5.74) is 0.0662. The third kappa shape index (κ3) is 6.16. The monoisotopic (exact) mass is 374 g/mol. The molecule has 1 aliphatic rings. The molecule has 2 amide bonds. The highest BCUT2D eigenvalue weighted by atomic mass is 16.6. The van der Waals surface area contributed by atoms with Crippen molar-refractivity contribution in [3.8, 4) is 0 Å². The van der Waals surface area contributed by atoms with Gasteiger partial charge in [0.15, 0.2) is 5.78 Å². The Hall–Kier alpha value is -2.77. The number of rotatable bonds is 5. The van der Waals surface area contributed by atoms with Crippen molar-refractivity contribution in [3.63, 3.8) is 0 Å². The largest absolute Gasteiger partial charge is 0.444 e. The van der Waals surface area contributed by atoms with Gasteiger partial charge in [0.25, 0.3) is 0 Å². The van der Waals surface area contributed by atoms with E-state index in [1.54, 1.807) is 46.2 Å². The molecule has 0 radical (unpaired) electrons. The van der Waals surface area contributed by atoms with Gasteiger partial charge in [0.05, 0.1) is 6.54 Å². The number of aromatic nitrogens is 2. The standard InChI is InChI=1S/C19H26N4O4/c1-12-8-16(22-18(26)27-19(3,4)5)17(25)23(12)11-15(24)7-6-14-9-20-13(2)21-10-14/h6-7,9-10,12,16H,8,11H2,1-5H3,(H,22,26)/b7-6+/t12-,16+/m1/s1. The highest BCUT2D eigenvalue weighted by Crippen LogP contribution is 2.19. The lowest BCUT2D eigenvalue weighted by molar-refractivity contribution is -0.133. The van der Waals surface area contributed by atoms with E-state index in [9.17, 15) is 14.4 Å². The number of alkyl carbamates (subject to hydrolysis) is 1. The number of nitrogens with zero attached hydrogens (tertiary/aromatic N) is 3. The Morgan fingerprint density at radius 1 is 1.33 bits per heavy atom. The maximum atomic E-state index is 12.5. The summed E-state index contributed by atoms with van der Waals surface area (Å²) in [5, 5.41) is 2.58. The second-order valence-corrected chi connectivity index (χ2v) is 7.61. The highest BCUT2D eigenvalue weighted by Gasteiger charge is 2.39. The first-order chi connectivity index (χ1) is 12.5. The molecular weight excluding hydrogens is 348 g/mol. The molecule has 1 saturated heterocycles. The van der Waals surface area contributed by atoms with Crippen LogP contribution < -0.4 is 5.32 Å². The molecule has 0 spiro atoms. The summed E-state index contributed by atoms with van der Waals surface area (Å²) < 4.78 is 5.18. The van der Waals surface area contributed by atoms with Crippen LogP contribution in [0.15, 0.2) is 18.5 Å². The van der Waals surface area contributed by atoms with Crippen LogP contribution in [-0.4, -0.2) is 56.9 Å². The predicted molar refractivity (Wildman–Crippen MR) is 99.8 cm³/mol. The van der Waals surface area contributed by atoms with Gasteiger partial charge in [0, 0.05) is 24.0 Å². The minimum Gasteiger partial charge on any atom is -0.444 e. The van der Waals surface area contributed by atoms with Crippen LogP contribution in [0, 0.1) is 6.92 Å². The second kappa shape index (κ2) is 8.28. The number of amides is 2. The third-order valence-electron chi connectivity index (χ3n) is 3.97. The molecule has 0 aliphatic carbocycles. The lowest BCUT2D eigenvalue weighted by atomic mass is 10.2. The molecule has 8 heteroatoms. The van der Waals surface area contributed by atoms with Crippen LogP contribution in [-0.2, 0) is 14.3 Å². The van der Waals surface area contributed by atoms with Crippen molar-refractivity contribution in [1.82, 2.24) is 20.2 Å². The average Bonchev–Trinajstić information content (AvgIpc) is 2.80. The van der Waals surface area contributed by atoms with Crippen LogP contribution in [0.2, 0.25) is 0 Å². The predicted octanol–water partition coefficient (Wildman–Crippen LogP) is 1.88. The van der Waals surface area contributed by atoms with Gasteiger partial charge in [-0.05, 0) is 53.2 Å². The van der Waals surface area contributed by atoms with Gasteiger partial charge in [0.1, 0.15) is 17.5 Å². The van der Waals surface area contributed by atoms with E-state index in [1.165, 1.54) is 11.0 Å². The molecule has 0 saturated carbocycles. The molecule has 8 nitrogen and oxygen atoms in total. The molecule has 27 heavy (non-hydrogen) atoms. The van der Waals surface area contributed by atoms with E-state index in [0.29, 0.717) is 17.8 Å². The van der Waals surface area contributed by atoms with Crippen molar-refractivity contribution in [2.45, 2.75) is 58.7 Å². The number of carbonyl (C=O) groups is 3. The summed E-state index contributed by atoms with van der Waals surface area (Å²) in [6, 6.07) is -0.838. The topological polar surface area (TPSA) is 101 Å². The second-order valence-electron chi connectivity index (χ2n) is 7.61. The molecule has 0 aromatic carbocycles. The average molecular weight is 374 g/mol. The maximum absolute atomic E-state index is 12.5. The molecule has 1 aromatic rings. The van der Waals surface area contributed by atoms with Crippen LogP contribution in [0.4, 0.5) is 4.79 Å². The molecule has 146 valence electrons. The van der Waals surface area contributed by atoms with E-state index in [4.69, 9.17) is 4.74 Å². The van der Waals surface area contributed by atoms with Crippen LogP contribution in [0.25, 0.3) is 6.08 Å². The molecule has 2 rings (SSSR count). The van der Waals surface area contributed by atoms with E-state index in [-0.39, 0.29) is 24.3 Å². The number of nitrogens with one attached hydrogen (secondary N) is 1. The summed E-state index contributed by atoms with van der Waals surface area (Å²) in [5.74, 6) is 0.154. The molecule has 1 fully saturated rings. The number of likely N-dealkylation sites (tertiary alicyclic amines) is 1. The van der Waals surface area contributed by atoms with Crippen molar-refractivity contribution in [2.75, 3.05) is 6.54 Å². The highest BCUT2D eigenvalue weighted by molar-refractivity contribution is 5.98. The summed E-state index contributed by atoms with van der Waals surface area (Å²) >= 11 is 0. The Morgan fingerprint density at radius 3 is 2.56 bits per heavy atom. The summed E-state index contributed by atoms with van der Waals surface area (Å²) in [6.07, 6.45) is 6.06. The van der Waals surface area contributed by atoms with Gasteiger partial charge in [-0.1, -0.05) is 0 Å². The Kier molecular flexibility index (Phi) is 6.30. The normalized spacial score (nSPS) is 20.2. The van der Waals surface area contributed by atoms with Crippen LogP contribution in [0.1, 0.15) is 45.5 Å². The maximum Gasteiger partial charge on any atom is 0.408 e. The first-order valence-corrected chi connectivity index (χ1v) is 8.85. The number of aryl methyl sites for hydroxylation is 1.